The van der Waals surface area contributed by atoms with Crippen molar-refractivity contribution < 1.29 is 24.5 Å². The molecule has 0 aliphatic carbocycles. The van der Waals surface area contributed by atoms with E-state index in [2.05, 4.69) is 43.5 Å². The first-order valence-electron chi connectivity index (χ1n) is 37.3. The summed E-state index contributed by atoms with van der Waals surface area (Å²) in [5.41, 5.74) is 0. The van der Waals surface area contributed by atoms with Crippen LogP contribution in [-0.4, -0.2) is 47.4 Å². The molecule has 484 valence electrons. The number of hydrogen-bond donors (Lipinski definition) is 3. The van der Waals surface area contributed by atoms with Crippen molar-refractivity contribution in [2.24, 2.45) is 0 Å². The van der Waals surface area contributed by atoms with E-state index in [1.54, 1.807) is 6.08 Å². The van der Waals surface area contributed by atoms with Gasteiger partial charge >= 0.3 is 5.97 Å². The summed E-state index contributed by atoms with van der Waals surface area (Å²) in [5.74, 6) is -0.0454. The SMILES string of the molecule is CCCCCCCCCCCCCCCC/C=C/C(O)C(CO)NC(=O)CCCCCCCCCCCCCCCCCCC/C=C\C/C=C\CCCCCCCCCCCOC(=O)CCCCCCCCCCCCCCCCCC. The maximum absolute atomic E-state index is 12.5. The predicted octanol–water partition coefficient (Wildman–Crippen LogP) is 24.3. The number of hydrogen-bond acceptors (Lipinski definition) is 5. The maximum Gasteiger partial charge on any atom is 0.305 e. The van der Waals surface area contributed by atoms with Crippen molar-refractivity contribution >= 4 is 11.9 Å². The molecule has 0 radical (unpaired) electrons. The van der Waals surface area contributed by atoms with E-state index in [1.807, 2.05) is 6.08 Å². The van der Waals surface area contributed by atoms with E-state index in [9.17, 15) is 19.8 Å². The summed E-state index contributed by atoms with van der Waals surface area (Å²) in [7, 11) is 0. The van der Waals surface area contributed by atoms with E-state index < -0.39 is 12.1 Å². The molecule has 0 fully saturated rings. The Morgan fingerprint density at radius 3 is 0.927 bits per heavy atom. The lowest BCUT2D eigenvalue weighted by Crippen LogP contribution is -2.45. The summed E-state index contributed by atoms with van der Waals surface area (Å²) in [6.07, 6.45) is 92.4. The van der Waals surface area contributed by atoms with E-state index in [-0.39, 0.29) is 18.5 Å². The Morgan fingerprint density at radius 1 is 0.341 bits per heavy atom. The van der Waals surface area contributed by atoms with E-state index in [1.165, 1.54) is 340 Å². The molecular weight excluding hydrogens is 1010 g/mol. The van der Waals surface area contributed by atoms with Gasteiger partial charge in [-0.3, -0.25) is 9.59 Å². The van der Waals surface area contributed by atoms with Gasteiger partial charge in [0, 0.05) is 12.8 Å². The number of rotatable bonds is 70. The van der Waals surface area contributed by atoms with Crippen molar-refractivity contribution in [2.45, 2.75) is 424 Å². The van der Waals surface area contributed by atoms with Crippen molar-refractivity contribution in [2.75, 3.05) is 13.2 Å². The largest absolute Gasteiger partial charge is 0.466 e. The highest BCUT2D eigenvalue weighted by atomic mass is 16.5. The first-order valence-corrected chi connectivity index (χ1v) is 37.3. The molecule has 82 heavy (non-hydrogen) atoms. The van der Waals surface area contributed by atoms with Crippen LogP contribution in [-0.2, 0) is 14.3 Å². The highest BCUT2D eigenvalue weighted by molar-refractivity contribution is 5.76. The first kappa shape index (κ1) is 80.1. The van der Waals surface area contributed by atoms with Crippen LogP contribution in [0.2, 0.25) is 0 Å². The summed E-state index contributed by atoms with van der Waals surface area (Å²) in [6.45, 7) is 4.94. The molecule has 0 spiro atoms. The van der Waals surface area contributed by atoms with Gasteiger partial charge in [0.2, 0.25) is 5.91 Å². The molecule has 0 aromatic heterocycles. The predicted molar refractivity (Wildman–Crippen MR) is 361 cm³/mol. The molecule has 3 N–H and O–H groups in total. The summed E-state index contributed by atoms with van der Waals surface area (Å²) in [4.78, 5) is 24.6. The molecule has 6 heteroatoms. The van der Waals surface area contributed by atoms with Gasteiger partial charge in [-0.25, -0.2) is 0 Å². The fourth-order valence-corrected chi connectivity index (χ4v) is 11.7. The minimum atomic E-state index is -0.843. The third kappa shape index (κ3) is 67.2. The summed E-state index contributed by atoms with van der Waals surface area (Å²) >= 11 is 0. The molecule has 1 amide bonds. The third-order valence-corrected chi connectivity index (χ3v) is 17.4. The Labute approximate surface area is 513 Å². The molecule has 2 atom stereocenters. The Balaban J connectivity index is 3.38. The Bertz CT molecular complexity index is 1330. The average Bonchev–Trinajstić information content (AvgIpc) is 3.48. The lowest BCUT2D eigenvalue weighted by molar-refractivity contribution is -0.143. The molecule has 0 saturated carbocycles. The van der Waals surface area contributed by atoms with Crippen molar-refractivity contribution in [3.63, 3.8) is 0 Å². The number of nitrogens with one attached hydrogen (secondary N) is 1. The molecule has 0 aromatic rings. The normalized spacial score (nSPS) is 12.7. The van der Waals surface area contributed by atoms with Crippen molar-refractivity contribution in [1.82, 2.24) is 5.32 Å². The summed E-state index contributed by atoms with van der Waals surface area (Å²) < 4.78 is 5.50. The van der Waals surface area contributed by atoms with Gasteiger partial charge in [-0.15, -0.1) is 0 Å². The molecule has 0 aromatic carbocycles. The fraction of sp³-hybridized carbons (Fsp3) is 0.895. The summed E-state index contributed by atoms with van der Waals surface area (Å²) in [6, 6.07) is -0.627. The zero-order chi connectivity index (χ0) is 59.2. The zero-order valence-corrected chi connectivity index (χ0v) is 55.5. The van der Waals surface area contributed by atoms with E-state index in [0.717, 1.165) is 44.9 Å². The Hall–Kier alpha value is -1.92. The van der Waals surface area contributed by atoms with Gasteiger partial charge in [0.05, 0.1) is 25.4 Å². The second kappa shape index (κ2) is 71.6. The maximum atomic E-state index is 12.5. The summed E-state index contributed by atoms with van der Waals surface area (Å²) in [5, 5.41) is 23.2. The number of allylic oxidation sites excluding steroid dienone is 5. The Kier molecular flexibility index (Phi) is 69.9. The standard InChI is InChI=1S/C76H145NO5/c1-3-5-7-9-11-13-15-17-19-40-44-48-52-56-60-64-68-74(79)73(72-78)77-75(80)69-65-61-57-53-49-45-41-38-36-34-32-30-28-26-24-22-21-23-25-27-29-31-33-35-37-39-43-47-51-55-59-63-67-71-82-76(81)70-66-62-58-54-50-46-42-20-18-16-14-12-10-8-6-4-2/h25,27,31,33,64,68,73-74,78-79H,3-24,26,28-30,32,34-63,65-67,69-72H2,1-2H3,(H,77,80)/b27-25-,33-31-,68-64+. The van der Waals surface area contributed by atoms with Gasteiger partial charge in [0.1, 0.15) is 0 Å². The molecule has 0 bridgehead atoms. The number of aliphatic hydroxyl groups excluding tert-OH is 2. The van der Waals surface area contributed by atoms with Gasteiger partial charge in [0.15, 0.2) is 0 Å². The minimum Gasteiger partial charge on any atom is -0.466 e. The molecule has 0 rings (SSSR count). The van der Waals surface area contributed by atoms with Crippen LogP contribution in [0.5, 0.6) is 0 Å². The second-order valence-electron chi connectivity index (χ2n) is 25.6. The van der Waals surface area contributed by atoms with Crippen LogP contribution in [0.4, 0.5) is 0 Å². The number of carbonyl (C=O) groups is 2. The lowest BCUT2D eigenvalue weighted by Gasteiger charge is -2.20. The highest BCUT2D eigenvalue weighted by Gasteiger charge is 2.18. The topological polar surface area (TPSA) is 95.9 Å². The van der Waals surface area contributed by atoms with Crippen LogP contribution in [0.3, 0.4) is 0 Å². The number of aliphatic hydroxyl groups is 2. The van der Waals surface area contributed by atoms with Crippen LogP contribution in [0.1, 0.15) is 412 Å². The van der Waals surface area contributed by atoms with Crippen molar-refractivity contribution in [1.29, 1.82) is 0 Å². The van der Waals surface area contributed by atoms with Gasteiger partial charge in [-0.1, -0.05) is 371 Å². The van der Waals surface area contributed by atoms with E-state index in [4.69, 9.17) is 4.74 Å². The molecule has 2 unspecified atom stereocenters. The van der Waals surface area contributed by atoms with Crippen molar-refractivity contribution in [3.8, 4) is 0 Å². The van der Waals surface area contributed by atoms with Crippen LogP contribution in [0.25, 0.3) is 0 Å². The Morgan fingerprint density at radius 2 is 0.610 bits per heavy atom. The first-order chi connectivity index (χ1) is 40.5. The van der Waals surface area contributed by atoms with Gasteiger partial charge in [-0.05, 0) is 64.2 Å². The van der Waals surface area contributed by atoms with Crippen molar-refractivity contribution in [3.05, 3.63) is 36.5 Å². The second-order valence-corrected chi connectivity index (χ2v) is 25.6. The average molecular weight is 1150 g/mol. The van der Waals surface area contributed by atoms with Crippen LogP contribution in [0, 0.1) is 0 Å². The van der Waals surface area contributed by atoms with E-state index in [0.29, 0.717) is 19.4 Å². The van der Waals surface area contributed by atoms with Crippen LogP contribution in [0.15, 0.2) is 36.5 Å². The number of esters is 1. The monoisotopic (exact) mass is 1150 g/mol. The van der Waals surface area contributed by atoms with Gasteiger partial charge in [-0.2, -0.15) is 0 Å². The van der Waals surface area contributed by atoms with E-state index >= 15 is 0 Å². The molecular formula is C76H145NO5. The molecule has 0 aliphatic rings. The number of amides is 1. The van der Waals surface area contributed by atoms with Gasteiger partial charge in [0.25, 0.3) is 0 Å². The third-order valence-electron chi connectivity index (χ3n) is 17.4. The van der Waals surface area contributed by atoms with Crippen LogP contribution < -0.4 is 5.32 Å². The molecule has 6 nitrogen and oxygen atoms in total. The molecule has 0 heterocycles. The smallest absolute Gasteiger partial charge is 0.305 e. The quantitative estimate of drug-likeness (QED) is 0.0320. The number of unbranched alkanes of at least 4 members (excludes halogenated alkanes) is 55. The lowest BCUT2D eigenvalue weighted by atomic mass is 10.0. The minimum absolute atomic E-state index is 0.0179. The van der Waals surface area contributed by atoms with Crippen LogP contribution >= 0.6 is 0 Å². The van der Waals surface area contributed by atoms with Gasteiger partial charge < -0.3 is 20.3 Å². The zero-order valence-electron chi connectivity index (χ0n) is 55.5. The highest BCUT2D eigenvalue weighted by Crippen LogP contribution is 2.19. The fourth-order valence-electron chi connectivity index (χ4n) is 11.7. The molecule has 0 aliphatic heterocycles. The molecule has 0 saturated heterocycles. The number of carbonyl (C=O) groups excluding carboxylic acids is 2. The number of ether oxygens (including phenoxy) is 1.